The molecule has 0 saturated heterocycles. The number of anilines is 1. The van der Waals surface area contributed by atoms with Gasteiger partial charge in [0.1, 0.15) is 11.0 Å². The quantitative estimate of drug-likeness (QED) is 0.780. The predicted molar refractivity (Wildman–Crippen MR) is 74.1 cm³/mol. The van der Waals surface area contributed by atoms with Crippen LogP contribution in [0.3, 0.4) is 0 Å². The number of hydrogen-bond acceptors (Lipinski definition) is 5. The normalized spacial score (nSPS) is 10.8. The van der Waals surface area contributed by atoms with Crippen molar-refractivity contribution in [3.05, 3.63) is 40.3 Å². The minimum absolute atomic E-state index is 0.0252. The topological polar surface area (TPSA) is 68.0 Å². The smallest absolute Gasteiger partial charge is 0.260 e. The van der Waals surface area contributed by atoms with Crippen LogP contribution >= 0.6 is 34.9 Å². The Labute approximate surface area is 121 Å². The Morgan fingerprint density at radius 3 is 2.84 bits per heavy atom. The second-order valence-electron chi connectivity index (χ2n) is 3.62. The number of nitrogens with one attached hydrogen (secondary N) is 1. The summed E-state index contributed by atoms with van der Waals surface area (Å²) < 4.78 is 13.1. The van der Waals surface area contributed by atoms with E-state index in [-0.39, 0.29) is 10.8 Å². The van der Waals surface area contributed by atoms with Gasteiger partial charge < -0.3 is 9.73 Å². The summed E-state index contributed by atoms with van der Waals surface area (Å²) >= 11 is 12.9. The second-order valence-corrected chi connectivity index (χ2v) is 4.90. The zero-order valence-electron chi connectivity index (χ0n) is 9.18. The first-order chi connectivity index (χ1) is 9.16. The van der Waals surface area contributed by atoms with Crippen LogP contribution < -0.4 is 5.32 Å². The lowest BCUT2D eigenvalue weighted by Gasteiger charge is -2.06. The van der Waals surface area contributed by atoms with Crippen LogP contribution in [0.25, 0.3) is 11.0 Å². The average molecular weight is 314 g/mol. The van der Waals surface area contributed by atoms with Crippen molar-refractivity contribution < 1.29 is 9.21 Å². The van der Waals surface area contributed by atoms with Crippen LogP contribution in [0.1, 0.15) is 10.4 Å². The van der Waals surface area contributed by atoms with Gasteiger partial charge in [-0.25, -0.2) is 0 Å². The monoisotopic (exact) mass is 313 g/mol. The molecule has 8 heteroatoms. The molecule has 0 bridgehead atoms. The highest BCUT2D eigenvalue weighted by molar-refractivity contribution is 7.00. The highest BCUT2D eigenvalue weighted by Gasteiger charge is 2.17. The van der Waals surface area contributed by atoms with Gasteiger partial charge in [0.15, 0.2) is 0 Å². The molecule has 0 aliphatic carbocycles. The number of benzene rings is 1. The third kappa shape index (κ3) is 2.18. The number of rotatable bonds is 2. The van der Waals surface area contributed by atoms with Crippen molar-refractivity contribution in [2.24, 2.45) is 0 Å². The summed E-state index contributed by atoms with van der Waals surface area (Å²) in [6.45, 7) is 0. The number of carbonyl (C=O) groups excluding carboxylic acids is 1. The van der Waals surface area contributed by atoms with Crippen molar-refractivity contribution in [1.82, 2.24) is 8.75 Å². The lowest BCUT2D eigenvalue weighted by molar-refractivity contribution is 0.102. The van der Waals surface area contributed by atoms with E-state index < -0.39 is 5.91 Å². The molecular weight excluding hydrogens is 309 g/mol. The summed E-state index contributed by atoms with van der Waals surface area (Å²) in [5.41, 5.74) is 1.86. The molecule has 96 valence electrons. The third-order valence-electron chi connectivity index (χ3n) is 2.48. The minimum atomic E-state index is -0.416. The zero-order chi connectivity index (χ0) is 13.4. The Morgan fingerprint density at radius 1 is 1.26 bits per heavy atom. The van der Waals surface area contributed by atoms with Crippen molar-refractivity contribution in [3.63, 3.8) is 0 Å². The number of amides is 1. The third-order valence-corrected chi connectivity index (χ3v) is 3.63. The molecule has 0 unspecified atom stereocenters. The first kappa shape index (κ1) is 12.4. The molecule has 2 heterocycles. The Bertz CT molecular complexity index is 768. The number of halogens is 2. The zero-order valence-corrected chi connectivity index (χ0v) is 11.5. The van der Waals surface area contributed by atoms with E-state index in [1.807, 2.05) is 0 Å². The Kier molecular flexibility index (Phi) is 3.14. The molecule has 5 nitrogen and oxygen atoms in total. The Balaban J connectivity index is 2.02. The standard InChI is InChI=1S/C11H5Cl2N3O2S/c12-6-1-2-7-9(16-19-15-7)8(6)14-11(17)5-3-4-18-10(5)13/h1-4H,(H,14,17). The van der Waals surface area contributed by atoms with Crippen LogP contribution in [0.15, 0.2) is 28.9 Å². The molecule has 3 rings (SSSR count). The lowest BCUT2D eigenvalue weighted by Crippen LogP contribution is -2.12. The number of fused-ring (bicyclic) bond motifs is 1. The van der Waals surface area contributed by atoms with Crippen molar-refractivity contribution >= 4 is 57.6 Å². The number of carbonyl (C=O) groups is 1. The van der Waals surface area contributed by atoms with Gasteiger partial charge in [0, 0.05) is 0 Å². The van der Waals surface area contributed by atoms with E-state index in [0.717, 1.165) is 11.7 Å². The largest absolute Gasteiger partial charge is 0.452 e. The van der Waals surface area contributed by atoms with Crippen molar-refractivity contribution in [1.29, 1.82) is 0 Å². The molecule has 3 aromatic rings. The lowest BCUT2D eigenvalue weighted by atomic mass is 10.2. The van der Waals surface area contributed by atoms with Gasteiger partial charge in [-0.05, 0) is 29.8 Å². The summed E-state index contributed by atoms with van der Waals surface area (Å²) in [7, 11) is 0. The molecule has 0 aliphatic heterocycles. The maximum absolute atomic E-state index is 12.1. The molecule has 0 radical (unpaired) electrons. The molecule has 2 aromatic heterocycles. The SMILES string of the molecule is O=C(Nc1c(Cl)ccc2nsnc12)c1ccoc1Cl. The fourth-order valence-electron chi connectivity index (χ4n) is 1.58. The molecule has 1 amide bonds. The Morgan fingerprint density at radius 2 is 2.11 bits per heavy atom. The van der Waals surface area contributed by atoms with E-state index in [1.165, 1.54) is 12.3 Å². The van der Waals surface area contributed by atoms with Crippen LogP contribution in [0.5, 0.6) is 0 Å². The maximum atomic E-state index is 12.1. The average Bonchev–Trinajstić information content (AvgIpc) is 3.01. The van der Waals surface area contributed by atoms with Crippen LogP contribution in [-0.4, -0.2) is 14.7 Å². The van der Waals surface area contributed by atoms with Crippen LogP contribution in [0.4, 0.5) is 5.69 Å². The number of aromatic nitrogens is 2. The second kappa shape index (κ2) is 4.80. The maximum Gasteiger partial charge on any atom is 0.260 e. The van der Waals surface area contributed by atoms with Crippen LogP contribution in [0, 0.1) is 0 Å². The van der Waals surface area contributed by atoms with E-state index in [2.05, 4.69) is 14.1 Å². The first-order valence-corrected chi connectivity index (χ1v) is 6.60. The molecule has 0 atom stereocenters. The van der Waals surface area contributed by atoms with E-state index in [9.17, 15) is 4.79 Å². The van der Waals surface area contributed by atoms with E-state index in [4.69, 9.17) is 27.6 Å². The molecular formula is C11H5Cl2N3O2S. The Hall–Kier alpha value is -1.63. The summed E-state index contributed by atoms with van der Waals surface area (Å²) in [5, 5.41) is 3.08. The number of hydrogen-bond donors (Lipinski definition) is 1. The fourth-order valence-corrected chi connectivity index (χ4v) is 2.52. The molecule has 0 saturated carbocycles. The van der Waals surface area contributed by atoms with Gasteiger partial charge >= 0.3 is 0 Å². The van der Waals surface area contributed by atoms with Gasteiger partial charge in [-0.3, -0.25) is 4.79 Å². The van der Waals surface area contributed by atoms with Gasteiger partial charge in [0.05, 0.1) is 34.3 Å². The van der Waals surface area contributed by atoms with Crippen molar-refractivity contribution in [3.8, 4) is 0 Å². The highest BCUT2D eigenvalue weighted by Crippen LogP contribution is 2.30. The molecule has 0 aliphatic rings. The van der Waals surface area contributed by atoms with Gasteiger partial charge in [-0.15, -0.1) is 0 Å². The van der Waals surface area contributed by atoms with E-state index >= 15 is 0 Å². The van der Waals surface area contributed by atoms with E-state index in [1.54, 1.807) is 12.1 Å². The summed E-state index contributed by atoms with van der Waals surface area (Å²) in [5.74, 6) is -0.416. The summed E-state index contributed by atoms with van der Waals surface area (Å²) in [6, 6.07) is 4.87. The molecule has 0 fully saturated rings. The molecule has 1 aromatic carbocycles. The van der Waals surface area contributed by atoms with Gasteiger partial charge in [-0.1, -0.05) is 11.6 Å². The van der Waals surface area contributed by atoms with Crippen LogP contribution in [0.2, 0.25) is 10.2 Å². The number of furan rings is 1. The molecule has 1 N–H and O–H groups in total. The minimum Gasteiger partial charge on any atom is -0.452 e. The fraction of sp³-hybridized carbons (Fsp3) is 0. The molecule has 19 heavy (non-hydrogen) atoms. The summed E-state index contributed by atoms with van der Waals surface area (Å²) in [6.07, 6.45) is 1.34. The van der Waals surface area contributed by atoms with Gasteiger partial charge in [0.25, 0.3) is 5.91 Å². The predicted octanol–water partition coefficient (Wildman–Crippen LogP) is 3.84. The summed E-state index contributed by atoms with van der Waals surface area (Å²) in [4.78, 5) is 12.1. The number of nitrogens with zero attached hydrogens (tertiary/aromatic N) is 2. The van der Waals surface area contributed by atoms with Crippen molar-refractivity contribution in [2.75, 3.05) is 5.32 Å². The highest BCUT2D eigenvalue weighted by atomic mass is 35.5. The van der Waals surface area contributed by atoms with Crippen molar-refractivity contribution in [2.45, 2.75) is 0 Å². The first-order valence-electron chi connectivity index (χ1n) is 5.12. The van der Waals surface area contributed by atoms with E-state index in [0.29, 0.717) is 21.7 Å². The van der Waals surface area contributed by atoms with Crippen LogP contribution in [-0.2, 0) is 0 Å². The van der Waals surface area contributed by atoms with Gasteiger partial charge in [0.2, 0.25) is 5.22 Å². The molecule has 0 spiro atoms. The van der Waals surface area contributed by atoms with Gasteiger partial charge in [-0.2, -0.15) is 8.75 Å².